The molecule has 1 aromatic rings. The maximum atomic E-state index is 11.2. The zero-order chi connectivity index (χ0) is 13.0. The van der Waals surface area contributed by atoms with E-state index in [1.807, 2.05) is 4.98 Å². The van der Waals surface area contributed by atoms with Gasteiger partial charge >= 0.3 is 5.69 Å². The lowest BCUT2D eigenvalue weighted by molar-refractivity contribution is -0.126. The van der Waals surface area contributed by atoms with Gasteiger partial charge in [-0.1, -0.05) is 0 Å². The number of aldehydes is 1. The van der Waals surface area contributed by atoms with E-state index in [9.17, 15) is 24.6 Å². The fourth-order valence-corrected chi connectivity index (χ4v) is 1.21. The van der Waals surface area contributed by atoms with E-state index in [0.717, 1.165) is 16.8 Å². The van der Waals surface area contributed by atoms with Crippen LogP contribution in [0, 0.1) is 0 Å². The predicted molar refractivity (Wildman–Crippen MR) is 55.4 cm³/mol. The molecule has 0 amide bonds. The van der Waals surface area contributed by atoms with E-state index in [1.165, 1.54) is 0 Å². The molecule has 17 heavy (non-hydrogen) atoms. The third-order valence-electron chi connectivity index (χ3n) is 2.16. The maximum Gasteiger partial charge on any atom is 0.328 e. The molecule has 0 bridgehead atoms. The summed E-state index contributed by atoms with van der Waals surface area (Å²) >= 11 is 0. The molecule has 0 aliphatic rings. The Hall–Kier alpha value is -1.77. The monoisotopic (exact) mass is 244 g/mol. The van der Waals surface area contributed by atoms with E-state index in [2.05, 4.69) is 0 Å². The molecule has 1 rings (SSSR count). The van der Waals surface area contributed by atoms with Gasteiger partial charge in [-0.25, -0.2) is 4.79 Å². The number of aliphatic hydroxyl groups excluding tert-OH is 3. The molecule has 8 heteroatoms. The molecule has 0 aliphatic heterocycles. The molecule has 3 atom stereocenters. The number of rotatable bonds is 5. The molecular weight excluding hydrogens is 232 g/mol. The van der Waals surface area contributed by atoms with Crippen LogP contribution < -0.4 is 11.2 Å². The molecule has 0 fully saturated rings. The summed E-state index contributed by atoms with van der Waals surface area (Å²) in [6.45, 7) is -0.359. The highest BCUT2D eigenvalue weighted by atomic mass is 16.4. The number of carbonyl (C=O) groups is 1. The largest absolute Gasteiger partial charge is 0.388 e. The first kappa shape index (κ1) is 13.3. The van der Waals surface area contributed by atoms with Gasteiger partial charge in [0.1, 0.15) is 18.3 Å². The number of H-pyrrole nitrogens is 1. The number of hydrogen-bond acceptors (Lipinski definition) is 6. The molecule has 0 aliphatic carbocycles. The van der Waals surface area contributed by atoms with Crippen molar-refractivity contribution in [3.63, 3.8) is 0 Å². The summed E-state index contributed by atoms with van der Waals surface area (Å²) in [5.41, 5.74) is -1.35. The van der Waals surface area contributed by atoms with Crippen LogP contribution in [-0.2, 0) is 11.3 Å². The Morgan fingerprint density at radius 1 is 1.35 bits per heavy atom. The van der Waals surface area contributed by atoms with Gasteiger partial charge in [-0.15, -0.1) is 0 Å². The molecule has 0 spiro atoms. The Morgan fingerprint density at radius 3 is 2.53 bits per heavy atom. The smallest absolute Gasteiger partial charge is 0.328 e. The minimum atomic E-state index is -1.73. The number of aliphatic hydroxyl groups is 3. The van der Waals surface area contributed by atoms with Crippen LogP contribution in [0.3, 0.4) is 0 Å². The summed E-state index contributed by atoms with van der Waals surface area (Å²) in [5.74, 6) is 0. The Labute approximate surface area is 94.8 Å². The van der Waals surface area contributed by atoms with Crippen LogP contribution in [0.4, 0.5) is 0 Å². The fourth-order valence-electron chi connectivity index (χ4n) is 1.21. The summed E-state index contributed by atoms with van der Waals surface area (Å²) in [5, 5.41) is 27.7. The summed E-state index contributed by atoms with van der Waals surface area (Å²) in [7, 11) is 0. The number of hydrogen-bond donors (Lipinski definition) is 4. The summed E-state index contributed by atoms with van der Waals surface area (Å²) in [6, 6.07) is 1.07. The lowest BCUT2D eigenvalue weighted by atomic mass is 10.1. The average molecular weight is 244 g/mol. The van der Waals surface area contributed by atoms with Gasteiger partial charge in [0.15, 0.2) is 6.29 Å². The van der Waals surface area contributed by atoms with Crippen molar-refractivity contribution < 1.29 is 20.1 Å². The first-order valence-corrected chi connectivity index (χ1v) is 4.75. The van der Waals surface area contributed by atoms with Gasteiger partial charge in [0.05, 0.1) is 6.54 Å². The molecule has 4 N–H and O–H groups in total. The SMILES string of the molecule is O=C[C@H](O)[C@H](O)[C@H](O)Cn1ccc(=O)[nH]c1=O. The van der Waals surface area contributed by atoms with Crippen LogP contribution in [0.5, 0.6) is 0 Å². The Balaban J connectivity index is 2.81. The van der Waals surface area contributed by atoms with Crippen molar-refractivity contribution in [2.24, 2.45) is 0 Å². The van der Waals surface area contributed by atoms with E-state index in [0.29, 0.717) is 0 Å². The lowest BCUT2D eigenvalue weighted by Crippen LogP contribution is -2.43. The zero-order valence-corrected chi connectivity index (χ0v) is 8.68. The predicted octanol–water partition coefficient (Wildman–Crippen LogP) is -3.18. The van der Waals surface area contributed by atoms with Crippen molar-refractivity contribution in [3.8, 4) is 0 Å². The highest BCUT2D eigenvalue weighted by molar-refractivity contribution is 5.56. The summed E-state index contributed by atoms with van der Waals surface area (Å²) in [4.78, 5) is 34.1. The molecule has 8 nitrogen and oxygen atoms in total. The summed E-state index contributed by atoms with van der Waals surface area (Å²) in [6.07, 6.45) is -3.75. The van der Waals surface area contributed by atoms with E-state index < -0.39 is 29.6 Å². The van der Waals surface area contributed by atoms with Crippen LogP contribution in [0.2, 0.25) is 0 Å². The standard InChI is InChI=1S/C9H12N2O6/c12-4-6(14)8(16)5(13)3-11-2-1-7(15)10-9(11)17/h1-2,4-6,8,13-14,16H,3H2,(H,10,15,17)/t5-,6+,8-/m1/s1. The molecule has 0 aromatic carbocycles. The first-order valence-electron chi connectivity index (χ1n) is 4.75. The molecule has 1 aromatic heterocycles. The zero-order valence-electron chi connectivity index (χ0n) is 8.68. The van der Waals surface area contributed by atoms with E-state index in [4.69, 9.17) is 5.11 Å². The van der Waals surface area contributed by atoms with Crippen molar-refractivity contribution in [2.45, 2.75) is 24.9 Å². The van der Waals surface area contributed by atoms with Crippen molar-refractivity contribution in [2.75, 3.05) is 0 Å². The third kappa shape index (κ3) is 3.34. The maximum absolute atomic E-state index is 11.2. The number of nitrogens with zero attached hydrogens (tertiary/aromatic N) is 1. The van der Waals surface area contributed by atoms with Gasteiger partial charge in [-0.2, -0.15) is 0 Å². The van der Waals surface area contributed by atoms with Crippen molar-refractivity contribution in [1.29, 1.82) is 0 Å². The van der Waals surface area contributed by atoms with Crippen LogP contribution in [0.15, 0.2) is 21.9 Å². The molecule has 0 unspecified atom stereocenters. The molecule has 0 radical (unpaired) electrons. The van der Waals surface area contributed by atoms with Crippen LogP contribution in [-0.4, -0.2) is 49.5 Å². The average Bonchev–Trinajstić information content (AvgIpc) is 2.30. The van der Waals surface area contributed by atoms with E-state index >= 15 is 0 Å². The van der Waals surface area contributed by atoms with Crippen molar-refractivity contribution >= 4 is 6.29 Å². The van der Waals surface area contributed by atoms with E-state index in [1.54, 1.807) is 0 Å². The third-order valence-corrected chi connectivity index (χ3v) is 2.16. The second-order valence-electron chi connectivity index (χ2n) is 3.45. The minimum Gasteiger partial charge on any atom is -0.388 e. The first-order chi connectivity index (χ1) is 7.95. The van der Waals surface area contributed by atoms with Gasteiger partial charge in [-0.3, -0.25) is 14.3 Å². The lowest BCUT2D eigenvalue weighted by Gasteiger charge is -2.19. The highest BCUT2D eigenvalue weighted by Crippen LogP contribution is 2.00. The Morgan fingerprint density at radius 2 is 2.00 bits per heavy atom. The second-order valence-corrected chi connectivity index (χ2v) is 3.45. The number of carbonyl (C=O) groups excluding carboxylic acids is 1. The molecule has 0 saturated heterocycles. The summed E-state index contributed by atoms with van der Waals surface area (Å²) < 4.78 is 0.937. The van der Waals surface area contributed by atoms with Crippen LogP contribution in [0.1, 0.15) is 0 Å². The van der Waals surface area contributed by atoms with Crippen LogP contribution in [0.25, 0.3) is 0 Å². The molecular formula is C9H12N2O6. The fraction of sp³-hybridized carbons (Fsp3) is 0.444. The number of nitrogens with one attached hydrogen (secondary N) is 1. The van der Waals surface area contributed by atoms with Gasteiger partial charge in [-0.05, 0) is 0 Å². The normalized spacial score (nSPS) is 16.2. The van der Waals surface area contributed by atoms with E-state index in [-0.39, 0.29) is 12.8 Å². The Bertz CT molecular complexity index is 493. The van der Waals surface area contributed by atoms with Gasteiger partial charge < -0.3 is 20.1 Å². The minimum absolute atomic E-state index is 0.0729. The second kappa shape index (κ2) is 5.53. The molecule has 0 saturated carbocycles. The number of aromatic nitrogens is 2. The quantitative estimate of drug-likeness (QED) is 0.404. The van der Waals surface area contributed by atoms with Crippen molar-refractivity contribution in [3.05, 3.63) is 33.1 Å². The molecule has 1 heterocycles. The van der Waals surface area contributed by atoms with Gasteiger partial charge in [0.2, 0.25) is 0 Å². The molecule has 94 valence electrons. The number of aromatic amines is 1. The van der Waals surface area contributed by atoms with Gasteiger partial charge in [0.25, 0.3) is 5.56 Å². The van der Waals surface area contributed by atoms with Gasteiger partial charge in [0, 0.05) is 12.3 Å². The van der Waals surface area contributed by atoms with Crippen molar-refractivity contribution in [1.82, 2.24) is 9.55 Å². The Kier molecular flexibility index (Phi) is 4.32. The topological polar surface area (TPSA) is 133 Å². The highest BCUT2D eigenvalue weighted by Gasteiger charge is 2.24. The van der Waals surface area contributed by atoms with Crippen LogP contribution >= 0.6 is 0 Å².